The summed E-state index contributed by atoms with van der Waals surface area (Å²) in [5, 5.41) is 0. The van der Waals surface area contributed by atoms with E-state index in [0.29, 0.717) is 24.5 Å². The van der Waals surface area contributed by atoms with Crippen LogP contribution in [0.5, 0.6) is 5.75 Å². The third-order valence-corrected chi connectivity index (χ3v) is 8.66. The zero-order valence-electron chi connectivity index (χ0n) is 20.5. The fraction of sp³-hybridized carbons (Fsp3) is 0.300. The van der Waals surface area contributed by atoms with Gasteiger partial charge in [0, 0.05) is 17.3 Å². The van der Waals surface area contributed by atoms with Gasteiger partial charge in [-0.15, -0.1) is 0 Å². The first-order valence-electron chi connectivity index (χ1n) is 12.8. The summed E-state index contributed by atoms with van der Waals surface area (Å²) in [6, 6.07) is 24.5. The SMILES string of the molecule is COc1ccc(N2C(=O)C3C4CCCN4C4(C(=O)N(Cc5ccccc5)c5ccccc54)C3C2=O)cc1. The molecule has 4 atom stereocenters. The Hall–Kier alpha value is -3.97. The van der Waals surface area contributed by atoms with E-state index in [1.165, 1.54) is 4.90 Å². The largest absolute Gasteiger partial charge is 0.497 e. The van der Waals surface area contributed by atoms with Crippen molar-refractivity contribution in [3.05, 3.63) is 90.0 Å². The van der Waals surface area contributed by atoms with Crippen LogP contribution < -0.4 is 14.5 Å². The van der Waals surface area contributed by atoms with Crippen molar-refractivity contribution in [2.24, 2.45) is 11.8 Å². The van der Waals surface area contributed by atoms with Gasteiger partial charge in [0.25, 0.3) is 5.91 Å². The van der Waals surface area contributed by atoms with Crippen molar-refractivity contribution in [3.63, 3.8) is 0 Å². The maximum Gasteiger partial charge on any atom is 0.253 e. The number of nitrogens with zero attached hydrogens (tertiary/aromatic N) is 3. The summed E-state index contributed by atoms with van der Waals surface area (Å²) in [6.45, 7) is 1.11. The Bertz CT molecular complexity index is 1420. The Kier molecular flexibility index (Phi) is 4.82. The number of fused-ring (bicyclic) bond motifs is 7. The molecule has 4 unspecified atom stereocenters. The third kappa shape index (κ3) is 2.83. The molecule has 3 aromatic carbocycles. The summed E-state index contributed by atoms with van der Waals surface area (Å²) in [5.74, 6) is -1.26. The lowest BCUT2D eigenvalue weighted by Gasteiger charge is -2.37. The van der Waals surface area contributed by atoms with Crippen molar-refractivity contribution < 1.29 is 19.1 Å². The number of benzene rings is 3. The van der Waals surface area contributed by atoms with Crippen LogP contribution in [0.4, 0.5) is 11.4 Å². The van der Waals surface area contributed by atoms with E-state index in [1.54, 1.807) is 31.4 Å². The average Bonchev–Trinajstić information content (AvgIpc) is 3.64. The molecule has 0 N–H and O–H groups in total. The summed E-state index contributed by atoms with van der Waals surface area (Å²) in [5.41, 5.74) is 2.03. The molecule has 4 aliphatic heterocycles. The predicted octanol–water partition coefficient (Wildman–Crippen LogP) is 3.72. The maximum atomic E-state index is 14.6. The minimum absolute atomic E-state index is 0.102. The summed E-state index contributed by atoms with van der Waals surface area (Å²) in [6.07, 6.45) is 1.69. The summed E-state index contributed by atoms with van der Waals surface area (Å²) >= 11 is 0. The fourth-order valence-corrected chi connectivity index (χ4v) is 7.25. The van der Waals surface area contributed by atoms with Gasteiger partial charge in [0.2, 0.25) is 11.8 Å². The number of carbonyl (C=O) groups is 3. The second-order valence-electron chi connectivity index (χ2n) is 10.3. The number of methoxy groups -OCH3 is 1. The predicted molar refractivity (Wildman–Crippen MR) is 138 cm³/mol. The number of anilines is 2. The van der Waals surface area contributed by atoms with Crippen LogP contribution in [-0.4, -0.2) is 42.3 Å². The highest BCUT2D eigenvalue weighted by atomic mass is 16.5. The molecular formula is C30H27N3O4. The molecule has 0 bridgehead atoms. The number of imide groups is 1. The highest BCUT2D eigenvalue weighted by Gasteiger charge is 2.75. The molecule has 3 saturated heterocycles. The minimum Gasteiger partial charge on any atom is -0.497 e. The van der Waals surface area contributed by atoms with Gasteiger partial charge in [-0.3, -0.25) is 19.3 Å². The Morgan fingerprint density at radius 2 is 1.62 bits per heavy atom. The number of hydrogen-bond acceptors (Lipinski definition) is 5. The minimum atomic E-state index is -1.18. The smallest absolute Gasteiger partial charge is 0.253 e. The number of carbonyl (C=O) groups excluding carboxylic acids is 3. The van der Waals surface area contributed by atoms with Gasteiger partial charge in [-0.05, 0) is 55.3 Å². The Morgan fingerprint density at radius 1 is 0.892 bits per heavy atom. The first-order chi connectivity index (χ1) is 18.1. The number of ether oxygens (including phenoxy) is 1. The van der Waals surface area contributed by atoms with Crippen molar-refractivity contribution in [2.75, 3.05) is 23.5 Å². The lowest BCUT2D eigenvalue weighted by atomic mass is 9.75. The Labute approximate surface area is 215 Å². The van der Waals surface area contributed by atoms with Crippen LogP contribution in [0.3, 0.4) is 0 Å². The van der Waals surface area contributed by atoms with Crippen molar-refractivity contribution >= 4 is 29.1 Å². The molecule has 186 valence electrons. The van der Waals surface area contributed by atoms with Crippen molar-refractivity contribution in [3.8, 4) is 5.75 Å². The molecule has 4 heterocycles. The van der Waals surface area contributed by atoms with Crippen LogP contribution in [0.1, 0.15) is 24.0 Å². The fourth-order valence-electron chi connectivity index (χ4n) is 7.25. The second-order valence-corrected chi connectivity index (χ2v) is 10.3. The first-order valence-corrected chi connectivity index (χ1v) is 12.8. The summed E-state index contributed by atoms with van der Waals surface area (Å²) in [4.78, 5) is 48.1. The van der Waals surface area contributed by atoms with Crippen LogP contribution in [0, 0.1) is 11.8 Å². The zero-order valence-corrected chi connectivity index (χ0v) is 20.5. The van der Waals surface area contributed by atoms with Gasteiger partial charge in [-0.25, -0.2) is 4.90 Å². The molecule has 0 aliphatic carbocycles. The number of para-hydroxylation sites is 1. The molecule has 0 saturated carbocycles. The van der Waals surface area contributed by atoms with Gasteiger partial charge in [-0.2, -0.15) is 0 Å². The van der Waals surface area contributed by atoms with Gasteiger partial charge in [-0.1, -0.05) is 48.5 Å². The molecule has 0 aromatic heterocycles. The lowest BCUT2D eigenvalue weighted by Crippen LogP contribution is -2.55. The van der Waals surface area contributed by atoms with Gasteiger partial charge in [0.05, 0.1) is 31.2 Å². The molecule has 7 nitrogen and oxygen atoms in total. The first kappa shape index (κ1) is 22.2. The van der Waals surface area contributed by atoms with E-state index in [0.717, 1.165) is 29.7 Å². The van der Waals surface area contributed by atoms with Crippen LogP contribution in [0.2, 0.25) is 0 Å². The summed E-state index contributed by atoms with van der Waals surface area (Å²) < 4.78 is 5.26. The van der Waals surface area contributed by atoms with Crippen LogP contribution in [-0.2, 0) is 26.5 Å². The monoisotopic (exact) mass is 493 g/mol. The standard InChI is InChI=1S/C30H27N3O4/c1-37-21-15-13-20(14-16-21)33-27(34)25-24-12-7-17-32(24)30(26(25)28(33)35)22-10-5-6-11-23(22)31(29(30)36)18-19-8-3-2-4-9-19/h2-6,8-11,13-16,24-26H,7,12,17-18H2,1H3. The zero-order chi connectivity index (χ0) is 25.3. The van der Waals surface area contributed by atoms with E-state index in [2.05, 4.69) is 4.90 Å². The molecule has 4 aliphatic rings. The van der Waals surface area contributed by atoms with E-state index < -0.39 is 17.4 Å². The topological polar surface area (TPSA) is 70.2 Å². The normalized spacial score (nSPS) is 28.2. The second kappa shape index (κ2) is 8.02. The van der Waals surface area contributed by atoms with Gasteiger partial charge in [0.15, 0.2) is 0 Å². The quantitative estimate of drug-likeness (QED) is 0.518. The van der Waals surface area contributed by atoms with Crippen molar-refractivity contribution in [1.82, 2.24) is 4.90 Å². The van der Waals surface area contributed by atoms with Gasteiger partial charge in [0.1, 0.15) is 11.3 Å². The van der Waals surface area contributed by atoms with Gasteiger partial charge < -0.3 is 9.64 Å². The molecule has 0 radical (unpaired) electrons. The van der Waals surface area contributed by atoms with E-state index in [1.807, 2.05) is 59.5 Å². The number of hydrogen-bond donors (Lipinski definition) is 0. The molecular weight excluding hydrogens is 466 g/mol. The van der Waals surface area contributed by atoms with Crippen molar-refractivity contribution in [1.29, 1.82) is 0 Å². The summed E-state index contributed by atoms with van der Waals surface area (Å²) in [7, 11) is 1.58. The molecule has 7 heteroatoms. The molecule has 1 spiro atoms. The van der Waals surface area contributed by atoms with E-state index in [-0.39, 0.29) is 23.8 Å². The Balaban J connectivity index is 1.37. The van der Waals surface area contributed by atoms with E-state index in [9.17, 15) is 14.4 Å². The molecule has 3 amide bonds. The van der Waals surface area contributed by atoms with Crippen molar-refractivity contribution in [2.45, 2.75) is 31.0 Å². The van der Waals surface area contributed by atoms with Crippen LogP contribution in [0.15, 0.2) is 78.9 Å². The maximum absolute atomic E-state index is 14.6. The Morgan fingerprint density at radius 3 is 2.38 bits per heavy atom. The lowest BCUT2D eigenvalue weighted by molar-refractivity contribution is -0.137. The third-order valence-electron chi connectivity index (χ3n) is 8.66. The van der Waals surface area contributed by atoms with E-state index >= 15 is 0 Å². The highest BCUT2D eigenvalue weighted by Crippen LogP contribution is 2.62. The van der Waals surface area contributed by atoms with Crippen LogP contribution in [0.25, 0.3) is 0 Å². The average molecular weight is 494 g/mol. The van der Waals surface area contributed by atoms with E-state index in [4.69, 9.17) is 4.74 Å². The molecule has 37 heavy (non-hydrogen) atoms. The van der Waals surface area contributed by atoms with Gasteiger partial charge >= 0.3 is 0 Å². The number of amides is 3. The highest BCUT2D eigenvalue weighted by molar-refractivity contribution is 6.26. The molecule has 3 fully saturated rings. The molecule has 3 aromatic rings. The number of rotatable bonds is 4. The molecule has 7 rings (SSSR count). The van der Waals surface area contributed by atoms with Crippen LogP contribution >= 0.6 is 0 Å².